The first-order valence-electron chi connectivity index (χ1n) is 9.48. The van der Waals surface area contributed by atoms with Crippen LogP contribution in [0.1, 0.15) is 54.5 Å². The SMILES string of the molecule is Cc1[nH]c2c(C)ccc(C)c2c1CC(=O)NC(CC(C)C)c1ncnn1C. The molecule has 0 saturated heterocycles. The van der Waals surface area contributed by atoms with Gasteiger partial charge in [0.2, 0.25) is 5.91 Å². The summed E-state index contributed by atoms with van der Waals surface area (Å²) in [6.07, 6.45) is 2.70. The summed E-state index contributed by atoms with van der Waals surface area (Å²) in [6, 6.07) is 4.09. The van der Waals surface area contributed by atoms with Gasteiger partial charge < -0.3 is 10.3 Å². The van der Waals surface area contributed by atoms with E-state index in [1.807, 2.05) is 14.0 Å². The van der Waals surface area contributed by atoms with Crippen LogP contribution in [0.15, 0.2) is 18.5 Å². The molecule has 0 aliphatic heterocycles. The highest BCUT2D eigenvalue weighted by atomic mass is 16.1. The summed E-state index contributed by atoms with van der Waals surface area (Å²) in [6.45, 7) is 10.5. The zero-order valence-electron chi connectivity index (χ0n) is 17.1. The van der Waals surface area contributed by atoms with Crippen LogP contribution in [0.3, 0.4) is 0 Å². The van der Waals surface area contributed by atoms with Gasteiger partial charge in [0.15, 0.2) is 0 Å². The van der Waals surface area contributed by atoms with E-state index in [0.29, 0.717) is 12.3 Å². The van der Waals surface area contributed by atoms with Crippen LogP contribution >= 0.6 is 0 Å². The Morgan fingerprint density at radius 2 is 1.93 bits per heavy atom. The number of aromatic nitrogens is 4. The quantitative estimate of drug-likeness (QED) is 0.698. The van der Waals surface area contributed by atoms with E-state index in [2.05, 4.69) is 60.2 Å². The smallest absolute Gasteiger partial charge is 0.225 e. The number of amides is 1. The Hall–Kier alpha value is -2.63. The van der Waals surface area contributed by atoms with Gasteiger partial charge in [0.1, 0.15) is 12.2 Å². The van der Waals surface area contributed by atoms with Gasteiger partial charge in [0.05, 0.1) is 12.5 Å². The molecule has 1 aromatic carbocycles. The number of hydrogen-bond donors (Lipinski definition) is 2. The van der Waals surface area contributed by atoms with Crippen LogP contribution in [0.2, 0.25) is 0 Å². The van der Waals surface area contributed by atoms with Crippen molar-refractivity contribution >= 4 is 16.8 Å². The minimum absolute atomic E-state index is 0.00792. The van der Waals surface area contributed by atoms with E-state index in [1.54, 1.807) is 4.68 Å². The second kappa shape index (κ2) is 7.55. The fraction of sp³-hybridized carbons (Fsp3) is 0.476. The van der Waals surface area contributed by atoms with Crippen LogP contribution < -0.4 is 5.32 Å². The van der Waals surface area contributed by atoms with Gasteiger partial charge in [-0.1, -0.05) is 26.0 Å². The Bertz CT molecular complexity index is 967. The summed E-state index contributed by atoms with van der Waals surface area (Å²) in [7, 11) is 1.86. The molecule has 6 nitrogen and oxygen atoms in total. The topological polar surface area (TPSA) is 75.6 Å². The molecular weight excluding hydrogens is 338 g/mol. The lowest BCUT2D eigenvalue weighted by molar-refractivity contribution is -0.121. The summed E-state index contributed by atoms with van der Waals surface area (Å²) in [5.41, 5.74) is 5.64. The molecule has 2 aromatic heterocycles. The van der Waals surface area contributed by atoms with Gasteiger partial charge >= 0.3 is 0 Å². The fourth-order valence-corrected chi connectivity index (χ4v) is 3.76. The van der Waals surface area contributed by atoms with Crippen molar-refractivity contribution in [1.82, 2.24) is 25.1 Å². The average Bonchev–Trinajstić information content (AvgIpc) is 3.15. The molecule has 0 spiro atoms. The molecule has 0 aliphatic carbocycles. The van der Waals surface area contributed by atoms with E-state index < -0.39 is 0 Å². The number of rotatable bonds is 6. The number of aromatic amines is 1. The third-order valence-electron chi connectivity index (χ3n) is 5.13. The molecule has 2 N–H and O–H groups in total. The Balaban J connectivity index is 1.87. The Morgan fingerprint density at radius 1 is 1.22 bits per heavy atom. The monoisotopic (exact) mass is 367 g/mol. The van der Waals surface area contributed by atoms with Crippen LogP contribution in [0.4, 0.5) is 0 Å². The Labute approximate surface area is 160 Å². The maximum absolute atomic E-state index is 12.9. The van der Waals surface area contributed by atoms with E-state index in [4.69, 9.17) is 0 Å². The fourth-order valence-electron chi connectivity index (χ4n) is 3.76. The summed E-state index contributed by atoms with van der Waals surface area (Å²) < 4.78 is 1.73. The molecular formula is C21H29N5O. The molecule has 0 fully saturated rings. The number of fused-ring (bicyclic) bond motifs is 1. The van der Waals surface area contributed by atoms with Gasteiger partial charge in [-0.05, 0) is 49.8 Å². The minimum atomic E-state index is -0.140. The Morgan fingerprint density at radius 3 is 2.56 bits per heavy atom. The van der Waals surface area contributed by atoms with Gasteiger partial charge in [0, 0.05) is 23.6 Å². The lowest BCUT2D eigenvalue weighted by Crippen LogP contribution is -2.32. The zero-order chi connectivity index (χ0) is 19.7. The molecule has 3 aromatic rings. The van der Waals surface area contributed by atoms with E-state index in [1.165, 1.54) is 22.8 Å². The molecule has 3 rings (SSSR count). The molecule has 0 radical (unpaired) electrons. The highest BCUT2D eigenvalue weighted by Crippen LogP contribution is 2.28. The molecule has 2 heterocycles. The molecule has 0 aliphatic rings. The van der Waals surface area contributed by atoms with Crippen molar-refractivity contribution in [3.05, 3.63) is 46.7 Å². The second-order valence-corrected chi connectivity index (χ2v) is 7.85. The van der Waals surface area contributed by atoms with Gasteiger partial charge in [-0.2, -0.15) is 5.10 Å². The first-order chi connectivity index (χ1) is 12.8. The largest absolute Gasteiger partial charge is 0.358 e. The highest BCUT2D eigenvalue weighted by molar-refractivity contribution is 5.93. The maximum Gasteiger partial charge on any atom is 0.225 e. The molecule has 0 saturated carbocycles. The predicted octanol–water partition coefficient (Wildman–Crippen LogP) is 3.67. The van der Waals surface area contributed by atoms with Gasteiger partial charge in [-0.15, -0.1) is 0 Å². The van der Waals surface area contributed by atoms with Gasteiger partial charge in [-0.3, -0.25) is 9.48 Å². The summed E-state index contributed by atoms with van der Waals surface area (Å²) in [5.74, 6) is 1.24. The average molecular weight is 367 g/mol. The lowest BCUT2D eigenvalue weighted by atomic mass is 10.00. The van der Waals surface area contributed by atoms with Crippen molar-refractivity contribution in [1.29, 1.82) is 0 Å². The van der Waals surface area contributed by atoms with Crippen molar-refractivity contribution < 1.29 is 4.79 Å². The molecule has 27 heavy (non-hydrogen) atoms. The first kappa shape index (κ1) is 19.1. The van der Waals surface area contributed by atoms with Crippen molar-refractivity contribution in [3.8, 4) is 0 Å². The van der Waals surface area contributed by atoms with Crippen LogP contribution in [-0.4, -0.2) is 25.7 Å². The van der Waals surface area contributed by atoms with Gasteiger partial charge in [-0.25, -0.2) is 4.98 Å². The number of carbonyl (C=O) groups is 1. The van der Waals surface area contributed by atoms with Crippen molar-refractivity contribution in [2.24, 2.45) is 13.0 Å². The molecule has 1 unspecified atom stereocenters. The van der Waals surface area contributed by atoms with Crippen LogP contribution in [0.5, 0.6) is 0 Å². The van der Waals surface area contributed by atoms with E-state index in [9.17, 15) is 4.79 Å². The zero-order valence-corrected chi connectivity index (χ0v) is 17.1. The number of hydrogen-bond acceptors (Lipinski definition) is 3. The number of carbonyl (C=O) groups excluding carboxylic acids is 1. The summed E-state index contributed by atoms with van der Waals surface area (Å²) in [5, 5.41) is 8.50. The number of nitrogens with one attached hydrogen (secondary N) is 2. The molecule has 1 amide bonds. The normalized spacial score (nSPS) is 12.7. The van der Waals surface area contributed by atoms with Crippen LogP contribution in [0, 0.1) is 26.7 Å². The van der Waals surface area contributed by atoms with E-state index in [-0.39, 0.29) is 11.9 Å². The third-order valence-corrected chi connectivity index (χ3v) is 5.13. The second-order valence-electron chi connectivity index (χ2n) is 7.85. The molecule has 1 atom stereocenters. The number of nitrogens with zero attached hydrogens (tertiary/aromatic N) is 3. The minimum Gasteiger partial charge on any atom is -0.358 e. The number of aryl methyl sites for hydroxylation is 4. The third kappa shape index (κ3) is 3.89. The van der Waals surface area contributed by atoms with E-state index >= 15 is 0 Å². The highest BCUT2D eigenvalue weighted by Gasteiger charge is 2.22. The number of benzene rings is 1. The summed E-state index contributed by atoms with van der Waals surface area (Å²) in [4.78, 5) is 20.7. The maximum atomic E-state index is 12.9. The van der Waals surface area contributed by atoms with E-state index in [0.717, 1.165) is 29.0 Å². The van der Waals surface area contributed by atoms with Crippen molar-refractivity contribution in [2.45, 2.75) is 53.5 Å². The molecule has 6 heteroatoms. The molecule has 0 bridgehead atoms. The standard InChI is InChI=1S/C21H29N5O/c1-12(2)9-17(21-22-11-23-26(21)6)25-18(27)10-16-15(5)24-20-14(4)8-7-13(3)19(16)20/h7-8,11-12,17,24H,9-10H2,1-6H3,(H,25,27). The Kier molecular flexibility index (Phi) is 5.35. The molecule has 144 valence electrons. The summed E-state index contributed by atoms with van der Waals surface area (Å²) >= 11 is 0. The number of H-pyrrole nitrogens is 1. The van der Waals surface area contributed by atoms with Gasteiger partial charge in [0.25, 0.3) is 0 Å². The first-order valence-corrected chi connectivity index (χ1v) is 9.48. The van der Waals surface area contributed by atoms with Crippen LogP contribution in [0.25, 0.3) is 10.9 Å². The lowest BCUT2D eigenvalue weighted by Gasteiger charge is -2.20. The predicted molar refractivity (Wildman–Crippen MR) is 108 cm³/mol. The van der Waals surface area contributed by atoms with Crippen LogP contribution in [-0.2, 0) is 18.3 Å². The van der Waals surface area contributed by atoms with Crippen molar-refractivity contribution in [2.75, 3.05) is 0 Å². The van der Waals surface area contributed by atoms with Crippen molar-refractivity contribution in [3.63, 3.8) is 0 Å².